The smallest absolute Gasteiger partial charge is 0.343 e. The molecule has 2 nitrogen and oxygen atoms in total. The van der Waals surface area contributed by atoms with Crippen LogP contribution in [0.4, 0.5) is 4.39 Å². The Labute approximate surface area is 88.7 Å². The van der Waals surface area contributed by atoms with Crippen molar-refractivity contribution >= 4 is 5.97 Å². The number of benzene rings is 1. The van der Waals surface area contributed by atoms with Crippen LogP contribution >= 0.6 is 0 Å². The summed E-state index contributed by atoms with van der Waals surface area (Å²) in [7, 11) is 0. The van der Waals surface area contributed by atoms with Gasteiger partial charge in [0.15, 0.2) is 0 Å². The highest BCUT2D eigenvalue weighted by atomic mass is 19.1. The summed E-state index contributed by atoms with van der Waals surface area (Å²) in [5.41, 5.74) is 1.24. The van der Waals surface area contributed by atoms with Crippen LogP contribution in [0, 0.1) is 0 Å². The van der Waals surface area contributed by atoms with Crippen molar-refractivity contribution in [3.05, 3.63) is 35.4 Å². The van der Waals surface area contributed by atoms with E-state index in [1.165, 1.54) is 12.1 Å². The molecule has 0 aliphatic rings. The van der Waals surface area contributed by atoms with Crippen molar-refractivity contribution < 1.29 is 14.3 Å². The molecule has 0 heterocycles. The average Bonchev–Trinajstić information content (AvgIpc) is 2.15. The maximum atomic E-state index is 13.1. The van der Waals surface area contributed by atoms with Crippen LogP contribution < -0.4 is 0 Å². The van der Waals surface area contributed by atoms with E-state index in [1.807, 2.05) is 20.8 Å². The topological polar surface area (TPSA) is 37.3 Å². The Kier molecular flexibility index (Phi) is 3.12. The van der Waals surface area contributed by atoms with Crippen molar-refractivity contribution in [1.82, 2.24) is 0 Å². The van der Waals surface area contributed by atoms with Crippen LogP contribution in [0.5, 0.6) is 0 Å². The first-order valence-corrected chi connectivity index (χ1v) is 4.79. The van der Waals surface area contributed by atoms with Gasteiger partial charge in [0.05, 0.1) is 0 Å². The van der Waals surface area contributed by atoms with E-state index in [4.69, 9.17) is 5.11 Å². The van der Waals surface area contributed by atoms with Crippen LogP contribution in [0.15, 0.2) is 24.3 Å². The Morgan fingerprint density at radius 2 is 1.73 bits per heavy atom. The van der Waals surface area contributed by atoms with E-state index in [9.17, 15) is 9.18 Å². The fourth-order valence-electron chi connectivity index (χ4n) is 1.29. The number of carboxylic acids is 1. The van der Waals surface area contributed by atoms with Crippen LogP contribution in [0.2, 0.25) is 0 Å². The average molecular weight is 210 g/mol. The van der Waals surface area contributed by atoms with Crippen molar-refractivity contribution in [3.8, 4) is 0 Å². The summed E-state index contributed by atoms with van der Waals surface area (Å²) in [6.45, 7) is 6.14. The maximum Gasteiger partial charge on any atom is 0.343 e. The molecule has 1 aromatic carbocycles. The molecule has 3 heteroatoms. The lowest BCUT2D eigenvalue weighted by Crippen LogP contribution is -2.11. The van der Waals surface area contributed by atoms with Gasteiger partial charge in [-0.25, -0.2) is 9.18 Å². The van der Waals surface area contributed by atoms with Crippen LogP contribution in [0.1, 0.15) is 38.1 Å². The molecule has 0 aliphatic heterocycles. The first-order chi connectivity index (χ1) is 6.82. The molecule has 0 amide bonds. The van der Waals surface area contributed by atoms with Crippen LogP contribution in [0.3, 0.4) is 0 Å². The van der Waals surface area contributed by atoms with Gasteiger partial charge >= 0.3 is 5.97 Å². The van der Waals surface area contributed by atoms with E-state index in [0.29, 0.717) is 0 Å². The van der Waals surface area contributed by atoms with E-state index >= 15 is 0 Å². The summed E-state index contributed by atoms with van der Waals surface area (Å²) in [6, 6.07) is 6.59. The monoisotopic (exact) mass is 210 g/mol. The maximum absolute atomic E-state index is 13.1. The van der Waals surface area contributed by atoms with Gasteiger partial charge in [-0.05, 0) is 16.5 Å². The van der Waals surface area contributed by atoms with E-state index in [-0.39, 0.29) is 11.0 Å². The molecule has 0 saturated heterocycles. The Bertz CT molecular complexity index is 349. The predicted octanol–water partition coefficient (Wildman–Crippen LogP) is 3.08. The predicted molar refractivity (Wildman–Crippen MR) is 56.6 cm³/mol. The lowest BCUT2D eigenvalue weighted by molar-refractivity contribution is -0.143. The van der Waals surface area contributed by atoms with Gasteiger partial charge in [-0.2, -0.15) is 0 Å². The molecule has 0 radical (unpaired) electrons. The minimum absolute atomic E-state index is 0.00639. The van der Waals surface area contributed by atoms with Gasteiger partial charge in [-0.1, -0.05) is 45.0 Å². The molecule has 0 unspecified atom stereocenters. The van der Waals surface area contributed by atoms with Crippen LogP contribution in [-0.4, -0.2) is 11.1 Å². The number of carbonyl (C=O) groups is 1. The first-order valence-electron chi connectivity index (χ1n) is 4.79. The molecule has 1 N–H and O–H groups in total. The number of carboxylic acid groups (broad SMARTS) is 1. The standard InChI is InChI=1S/C12H15FO2/c1-12(2,3)9-6-4-8(5-7-9)10(13)11(14)15/h4-7,10H,1-3H3,(H,14,15)/t10-/m1/s1. The van der Waals surface area contributed by atoms with E-state index < -0.39 is 12.1 Å². The summed E-state index contributed by atoms with van der Waals surface area (Å²) in [5.74, 6) is -1.45. The number of rotatable bonds is 2. The molecule has 1 aromatic rings. The molecule has 0 bridgehead atoms. The van der Waals surface area contributed by atoms with Crippen molar-refractivity contribution in [3.63, 3.8) is 0 Å². The lowest BCUT2D eigenvalue weighted by Gasteiger charge is -2.19. The van der Waals surface area contributed by atoms with Crippen molar-refractivity contribution in [1.29, 1.82) is 0 Å². The number of halogens is 1. The number of hydrogen-bond acceptors (Lipinski definition) is 1. The molecule has 0 aromatic heterocycles. The van der Waals surface area contributed by atoms with Crippen molar-refractivity contribution in [2.75, 3.05) is 0 Å². The van der Waals surface area contributed by atoms with Gasteiger partial charge in [0.2, 0.25) is 6.17 Å². The summed E-state index contributed by atoms with van der Waals surface area (Å²) in [6.07, 6.45) is -1.93. The Balaban J connectivity index is 2.95. The highest BCUT2D eigenvalue weighted by Crippen LogP contribution is 2.25. The highest BCUT2D eigenvalue weighted by Gasteiger charge is 2.19. The van der Waals surface area contributed by atoms with Crippen molar-refractivity contribution in [2.45, 2.75) is 32.4 Å². The highest BCUT2D eigenvalue weighted by molar-refractivity contribution is 5.74. The molecule has 15 heavy (non-hydrogen) atoms. The number of hydrogen-bond donors (Lipinski definition) is 1. The van der Waals surface area contributed by atoms with Crippen LogP contribution in [0.25, 0.3) is 0 Å². The van der Waals surface area contributed by atoms with Gasteiger partial charge in [0.25, 0.3) is 0 Å². The van der Waals surface area contributed by atoms with Gasteiger partial charge < -0.3 is 5.11 Å². The molecular formula is C12H15FO2. The second-order valence-electron chi connectivity index (χ2n) is 4.57. The third-order valence-electron chi connectivity index (χ3n) is 2.29. The molecule has 1 rings (SSSR count). The number of alkyl halides is 1. The summed E-state index contributed by atoms with van der Waals surface area (Å²) < 4.78 is 13.1. The molecule has 0 spiro atoms. The first kappa shape index (κ1) is 11.7. The fraction of sp³-hybridized carbons (Fsp3) is 0.417. The second kappa shape index (κ2) is 4.01. The molecule has 0 saturated carbocycles. The lowest BCUT2D eigenvalue weighted by atomic mass is 9.86. The SMILES string of the molecule is CC(C)(C)c1ccc([C@@H](F)C(=O)O)cc1. The van der Waals surface area contributed by atoms with Gasteiger partial charge in [0.1, 0.15) is 0 Å². The minimum atomic E-state index is -1.93. The Morgan fingerprint density at radius 1 is 1.27 bits per heavy atom. The molecule has 0 fully saturated rings. The molecular weight excluding hydrogens is 195 g/mol. The van der Waals surface area contributed by atoms with E-state index in [2.05, 4.69) is 0 Å². The molecule has 1 atom stereocenters. The third-order valence-corrected chi connectivity index (χ3v) is 2.29. The zero-order valence-corrected chi connectivity index (χ0v) is 9.12. The Morgan fingerprint density at radius 3 is 2.07 bits per heavy atom. The van der Waals surface area contributed by atoms with E-state index in [1.54, 1.807) is 12.1 Å². The molecule has 82 valence electrons. The summed E-state index contributed by atoms with van der Waals surface area (Å²) in [5, 5.41) is 8.49. The minimum Gasteiger partial charge on any atom is -0.479 e. The van der Waals surface area contributed by atoms with Crippen LogP contribution in [-0.2, 0) is 10.2 Å². The summed E-state index contributed by atoms with van der Waals surface area (Å²) >= 11 is 0. The zero-order valence-electron chi connectivity index (χ0n) is 9.12. The van der Waals surface area contributed by atoms with Crippen molar-refractivity contribution in [2.24, 2.45) is 0 Å². The fourth-order valence-corrected chi connectivity index (χ4v) is 1.29. The zero-order chi connectivity index (χ0) is 11.6. The largest absolute Gasteiger partial charge is 0.479 e. The van der Waals surface area contributed by atoms with Gasteiger partial charge in [-0.15, -0.1) is 0 Å². The quantitative estimate of drug-likeness (QED) is 0.814. The number of aliphatic carboxylic acids is 1. The van der Waals surface area contributed by atoms with Gasteiger partial charge in [-0.3, -0.25) is 0 Å². The van der Waals surface area contributed by atoms with Gasteiger partial charge in [0, 0.05) is 0 Å². The third kappa shape index (κ3) is 2.78. The second-order valence-corrected chi connectivity index (χ2v) is 4.57. The van der Waals surface area contributed by atoms with E-state index in [0.717, 1.165) is 5.56 Å². The molecule has 0 aliphatic carbocycles. The summed E-state index contributed by atoms with van der Waals surface area (Å²) in [4.78, 5) is 10.4. The normalized spacial score (nSPS) is 13.6. The Hall–Kier alpha value is -1.38.